The molecule has 0 radical (unpaired) electrons. The first kappa shape index (κ1) is 27.3. The van der Waals surface area contributed by atoms with Crippen molar-refractivity contribution in [3.8, 4) is 11.4 Å². The predicted molar refractivity (Wildman–Crippen MR) is 152 cm³/mol. The molecule has 1 atom stereocenters. The Labute approximate surface area is 229 Å². The molecule has 0 saturated carbocycles. The number of nitro benzene ring substituents is 1. The van der Waals surface area contributed by atoms with Gasteiger partial charge in [0, 0.05) is 42.2 Å². The number of nitrogens with one attached hydrogen (secondary N) is 2. The lowest BCUT2D eigenvalue weighted by Gasteiger charge is -2.14. The molecule has 11 heteroatoms. The Hall–Kier alpha value is -4.77. The lowest BCUT2D eigenvalue weighted by atomic mass is 10.2. The molecule has 0 fully saturated rings. The molecule has 1 heterocycles. The highest BCUT2D eigenvalue weighted by molar-refractivity contribution is 8.00. The van der Waals surface area contributed by atoms with E-state index in [1.54, 1.807) is 28.8 Å². The van der Waals surface area contributed by atoms with E-state index < -0.39 is 10.2 Å². The largest absolute Gasteiger partial charge is 0.325 e. The minimum atomic E-state index is -0.508. The Morgan fingerprint density at radius 3 is 2.44 bits per heavy atom. The molecule has 0 aliphatic rings. The molecule has 198 valence electrons. The maximum atomic E-state index is 12.9. The van der Waals surface area contributed by atoms with E-state index in [2.05, 4.69) is 20.8 Å². The van der Waals surface area contributed by atoms with Gasteiger partial charge in [0.25, 0.3) is 5.69 Å². The molecule has 1 aromatic heterocycles. The number of anilines is 2. The Balaban J connectivity index is 1.39. The number of non-ortho nitro benzene ring substituents is 1. The number of nitrogens with zero attached hydrogens (tertiary/aromatic N) is 4. The summed E-state index contributed by atoms with van der Waals surface area (Å²) in [5.74, 6) is 0.0835. The third-order valence-corrected chi connectivity index (χ3v) is 7.11. The lowest BCUT2D eigenvalue weighted by molar-refractivity contribution is -0.384. The molecule has 1 unspecified atom stereocenters. The minimum Gasteiger partial charge on any atom is -0.325 e. The number of carbonyl (C=O) groups excluding carboxylic acids is 2. The van der Waals surface area contributed by atoms with E-state index in [4.69, 9.17) is 0 Å². The summed E-state index contributed by atoms with van der Waals surface area (Å²) in [6.45, 7) is 1.88. The number of hydrogen-bond donors (Lipinski definition) is 2. The molecular weight excluding hydrogens is 516 g/mol. The second kappa shape index (κ2) is 12.7. The highest BCUT2D eigenvalue weighted by Gasteiger charge is 2.22. The van der Waals surface area contributed by atoms with Gasteiger partial charge in [-0.2, -0.15) is 0 Å². The van der Waals surface area contributed by atoms with Gasteiger partial charge in [0.05, 0.1) is 10.2 Å². The number of hydrogen-bond acceptors (Lipinski definition) is 7. The first-order chi connectivity index (χ1) is 18.8. The summed E-state index contributed by atoms with van der Waals surface area (Å²) in [6, 6.07) is 22.6. The van der Waals surface area contributed by atoms with Crippen molar-refractivity contribution in [1.82, 2.24) is 14.8 Å². The smallest absolute Gasteiger partial charge is 0.271 e. The predicted octanol–water partition coefficient (Wildman–Crippen LogP) is 5.55. The topological polar surface area (TPSA) is 132 Å². The summed E-state index contributed by atoms with van der Waals surface area (Å²) in [6.07, 6.45) is 3.74. The monoisotopic (exact) mass is 542 g/mol. The van der Waals surface area contributed by atoms with Crippen LogP contribution in [0.15, 0.2) is 90.1 Å². The molecule has 4 aromatic rings. The van der Waals surface area contributed by atoms with E-state index in [9.17, 15) is 19.7 Å². The first-order valence-corrected chi connectivity index (χ1v) is 13.0. The fraction of sp³-hybridized carbons (Fsp3) is 0.143. The number of carbonyl (C=O) groups is 2. The maximum absolute atomic E-state index is 12.9. The zero-order valence-electron chi connectivity index (χ0n) is 21.3. The van der Waals surface area contributed by atoms with Crippen molar-refractivity contribution in [2.45, 2.75) is 23.8 Å². The Morgan fingerprint density at radius 1 is 1.00 bits per heavy atom. The number of amides is 2. The number of aromatic nitrogens is 3. The molecule has 0 bridgehead atoms. The van der Waals surface area contributed by atoms with Crippen molar-refractivity contribution >= 4 is 46.7 Å². The van der Waals surface area contributed by atoms with Gasteiger partial charge in [-0.3, -0.25) is 19.7 Å². The molecule has 0 spiro atoms. The molecule has 39 heavy (non-hydrogen) atoms. The van der Waals surface area contributed by atoms with E-state index in [-0.39, 0.29) is 17.5 Å². The Kier molecular flexibility index (Phi) is 8.85. The summed E-state index contributed by atoms with van der Waals surface area (Å²) >= 11 is 1.26. The van der Waals surface area contributed by atoms with Crippen molar-refractivity contribution < 1.29 is 14.5 Å². The maximum Gasteiger partial charge on any atom is 0.271 e. The molecule has 10 nitrogen and oxygen atoms in total. The van der Waals surface area contributed by atoms with E-state index in [0.29, 0.717) is 28.8 Å². The fourth-order valence-corrected chi connectivity index (χ4v) is 4.58. The fourth-order valence-electron chi connectivity index (χ4n) is 3.66. The number of nitro groups is 1. The van der Waals surface area contributed by atoms with Crippen LogP contribution in [0.1, 0.15) is 18.9 Å². The Bertz CT molecular complexity index is 1500. The highest BCUT2D eigenvalue weighted by atomic mass is 32.2. The van der Waals surface area contributed by atoms with E-state index in [0.717, 1.165) is 11.1 Å². The first-order valence-electron chi connectivity index (χ1n) is 12.1. The van der Waals surface area contributed by atoms with Gasteiger partial charge >= 0.3 is 0 Å². The van der Waals surface area contributed by atoms with Gasteiger partial charge in [-0.15, -0.1) is 10.2 Å². The summed E-state index contributed by atoms with van der Waals surface area (Å²) in [7, 11) is 1.81. The molecule has 0 aliphatic heterocycles. The average molecular weight is 543 g/mol. The standard InChI is InChI=1S/C28H26N6O4S/c1-3-24(27(36)30-22-10-7-11-23(18-22)34(37)38)39-28-32-31-26(33(28)2)20-13-15-21(16-14-20)29-25(35)17-12-19-8-5-4-6-9-19/h4-18,24H,3H2,1-2H3,(H,29,35)(H,30,36). The van der Waals surface area contributed by atoms with Crippen LogP contribution in [0, 0.1) is 10.1 Å². The average Bonchev–Trinajstić information content (AvgIpc) is 3.31. The molecule has 2 N–H and O–H groups in total. The van der Waals surface area contributed by atoms with Crippen molar-refractivity contribution in [3.63, 3.8) is 0 Å². The van der Waals surface area contributed by atoms with Gasteiger partial charge in [0.2, 0.25) is 11.8 Å². The SMILES string of the molecule is CCC(Sc1nnc(-c2ccc(NC(=O)C=Cc3ccccc3)cc2)n1C)C(=O)Nc1cccc([N+](=O)[O-])c1. The summed E-state index contributed by atoms with van der Waals surface area (Å²) in [5, 5.41) is 25.2. The lowest BCUT2D eigenvalue weighted by Crippen LogP contribution is -2.25. The molecule has 0 saturated heterocycles. The highest BCUT2D eigenvalue weighted by Crippen LogP contribution is 2.29. The number of benzene rings is 3. The third kappa shape index (κ3) is 7.17. The van der Waals surface area contributed by atoms with Crippen molar-refractivity contribution in [2.24, 2.45) is 7.05 Å². The van der Waals surface area contributed by atoms with Crippen molar-refractivity contribution in [2.75, 3.05) is 10.6 Å². The summed E-state index contributed by atoms with van der Waals surface area (Å²) < 4.78 is 1.80. The summed E-state index contributed by atoms with van der Waals surface area (Å²) in [4.78, 5) is 35.6. The molecule has 2 amide bonds. The van der Waals surface area contributed by atoms with Crippen LogP contribution >= 0.6 is 11.8 Å². The summed E-state index contributed by atoms with van der Waals surface area (Å²) in [5.41, 5.74) is 2.63. The van der Waals surface area contributed by atoms with Crippen LogP contribution in [-0.4, -0.2) is 36.8 Å². The molecular formula is C28H26N6O4S. The molecule has 4 rings (SSSR count). The van der Waals surface area contributed by atoms with Gasteiger partial charge in [0.15, 0.2) is 11.0 Å². The van der Waals surface area contributed by atoms with Crippen LogP contribution < -0.4 is 10.6 Å². The van der Waals surface area contributed by atoms with Crippen LogP contribution in [0.5, 0.6) is 0 Å². The van der Waals surface area contributed by atoms with Crippen LogP contribution in [0.2, 0.25) is 0 Å². The third-order valence-electron chi connectivity index (χ3n) is 5.71. The molecule has 0 aliphatic carbocycles. The van der Waals surface area contributed by atoms with Gasteiger partial charge in [-0.1, -0.05) is 55.1 Å². The normalized spacial score (nSPS) is 11.7. The van der Waals surface area contributed by atoms with Crippen LogP contribution in [0.3, 0.4) is 0 Å². The van der Waals surface area contributed by atoms with Gasteiger partial charge in [-0.05, 0) is 48.4 Å². The second-order valence-corrected chi connectivity index (χ2v) is 9.66. The molecule has 3 aromatic carbocycles. The van der Waals surface area contributed by atoms with Gasteiger partial charge in [0.1, 0.15) is 0 Å². The number of thioether (sulfide) groups is 1. The van der Waals surface area contributed by atoms with E-state index in [1.165, 1.54) is 36.0 Å². The van der Waals surface area contributed by atoms with Crippen LogP contribution in [0.25, 0.3) is 17.5 Å². The van der Waals surface area contributed by atoms with Crippen molar-refractivity contribution in [3.05, 3.63) is 101 Å². The minimum absolute atomic E-state index is 0.0966. The van der Waals surface area contributed by atoms with Crippen LogP contribution in [0.4, 0.5) is 17.1 Å². The number of rotatable bonds is 10. The van der Waals surface area contributed by atoms with Gasteiger partial charge < -0.3 is 15.2 Å². The quantitative estimate of drug-likeness (QED) is 0.116. The van der Waals surface area contributed by atoms with E-state index >= 15 is 0 Å². The van der Waals surface area contributed by atoms with Crippen LogP contribution in [-0.2, 0) is 16.6 Å². The Morgan fingerprint density at radius 2 is 1.74 bits per heavy atom. The van der Waals surface area contributed by atoms with Gasteiger partial charge in [-0.25, -0.2) is 0 Å². The zero-order valence-corrected chi connectivity index (χ0v) is 22.1. The second-order valence-electron chi connectivity index (χ2n) is 8.49. The zero-order chi connectivity index (χ0) is 27.8. The van der Waals surface area contributed by atoms with Crippen molar-refractivity contribution in [1.29, 1.82) is 0 Å². The van der Waals surface area contributed by atoms with E-state index in [1.807, 2.05) is 56.4 Å².